The summed E-state index contributed by atoms with van der Waals surface area (Å²) in [6.45, 7) is 59.4. The van der Waals surface area contributed by atoms with Gasteiger partial charge in [-0.25, -0.2) is 0 Å². The Morgan fingerprint density at radius 1 is 0.263 bits per heavy atom. The molecule has 0 aromatic heterocycles. The normalized spacial score (nSPS) is 23.2. The molecule has 4 atom stereocenters. The van der Waals surface area contributed by atoms with Crippen molar-refractivity contribution in [1.82, 2.24) is 0 Å². The molecule has 0 aliphatic heterocycles. The van der Waals surface area contributed by atoms with Gasteiger partial charge < -0.3 is 17.7 Å². The number of benzene rings is 2. The van der Waals surface area contributed by atoms with Crippen LogP contribution in [0.1, 0.15) is 188 Å². The summed E-state index contributed by atoms with van der Waals surface area (Å²) in [4.78, 5) is 0. The minimum Gasteiger partial charge on any atom is -0.415 e. The van der Waals surface area contributed by atoms with Gasteiger partial charge in [0.05, 0.1) is 21.7 Å². The highest BCUT2D eigenvalue weighted by Crippen LogP contribution is 2.70. The minimum atomic E-state index is -2.32. The van der Waals surface area contributed by atoms with Gasteiger partial charge in [-0.3, -0.25) is 0 Å². The maximum atomic E-state index is 7.71. The van der Waals surface area contributed by atoms with Crippen LogP contribution in [0.3, 0.4) is 0 Å². The molecule has 0 N–H and O–H groups in total. The Hall–Kier alpha value is -3.65. The molecule has 432 valence electrons. The van der Waals surface area contributed by atoms with Gasteiger partial charge >= 0.3 is 0 Å². The second kappa shape index (κ2) is 23.8. The zero-order valence-corrected chi connectivity index (χ0v) is 58.3. The van der Waals surface area contributed by atoms with Crippen LogP contribution in [0.2, 0.25) is 66.5 Å². The lowest BCUT2D eigenvalue weighted by Gasteiger charge is -2.63. The molecule has 8 heteroatoms. The van der Waals surface area contributed by atoms with E-state index in [1.165, 1.54) is 0 Å². The van der Waals surface area contributed by atoms with Gasteiger partial charge in [0.15, 0.2) is 33.3 Å². The van der Waals surface area contributed by atoms with E-state index in [0.717, 1.165) is 44.5 Å². The molecule has 4 nitrogen and oxygen atoms in total. The summed E-state index contributed by atoms with van der Waals surface area (Å²) in [7, 11) is -9.28. The second-order valence-corrected chi connectivity index (χ2v) is 50.5. The summed E-state index contributed by atoms with van der Waals surface area (Å²) in [5.74, 6) is 30.3. The fourth-order valence-electron chi connectivity index (χ4n) is 17.5. The molecule has 2 aromatic carbocycles. The van der Waals surface area contributed by atoms with Crippen LogP contribution >= 0.6 is 0 Å². The highest BCUT2D eigenvalue weighted by Gasteiger charge is 2.70. The molecule has 0 spiro atoms. The molecule has 6 aliphatic rings. The Bertz CT molecular complexity index is 2530. The number of rotatable bonds is 24. The van der Waals surface area contributed by atoms with E-state index >= 15 is 0 Å². The Kier molecular flexibility index (Phi) is 19.0. The first-order valence-electron chi connectivity index (χ1n) is 31.2. The van der Waals surface area contributed by atoms with E-state index in [9.17, 15) is 0 Å². The van der Waals surface area contributed by atoms with E-state index in [-0.39, 0.29) is 0 Å². The molecule has 2 aromatic rings. The van der Waals surface area contributed by atoms with E-state index in [2.05, 4.69) is 286 Å². The monoisotopic (exact) mass is 1140 g/mol. The average molecular weight is 1150 g/mol. The lowest BCUT2D eigenvalue weighted by atomic mass is 9.41. The molecular weight excluding hydrogens is 1040 g/mol. The SMILES string of the molecule is CC(C)[Si](OC[C@@]12C=C3C#Cc4ccccc4C#CC4=C[C@]5(CO[Si](C(C)C)(C(C)C)C(C)C)C(=C[C@]45CO[Si](C(C)C)(C(C)C)C(C)C)C#Cc4ccccc4C#CC1=C[C@]32CO[Si](C(C)C)(C(C)C)C(C)C)(C(C)C)C(C)C. The van der Waals surface area contributed by atoms with Crippen LogP contribution in [-0.4, -0.2) is 59.7 Å². The summed E-state index contributed by atoms with van der Waals surface area (Å²) in [6, 6.07) is 16.9. The van der Waals surface area contributed by atoms with E-state index in [4.69, 9.17) is 17.7 Å². The maximum Gasteiger partial charge on any atom is 0.200 e. The molecule has 0 radical (unpaired) electrons. The largest absolute Gasteiger partial charge is 0.415 e. The Labute approximate surface area is 493 Å². The van der Waals surface area contributed by atoms with E-state index < -0.39 is 54.9 Å². The molecule has 0 unspecified atom stereocenters. The highest BCUT2D eigenvalue weighted by molar-refractivity contribution is 6.79. The fourth-order valence-corrected chi connectivity index (χ4v) is 39.4. The molecule has 6 bridgehead atoms. The van der Waals surface area contributed by atoms with Crippen molar-refractivity contribution in [3.63, 3.8) is 0 Å². The number of hydrogen-bond donors (Lipinski definition) is 0. The van der Waals surface area contributed by atoms with Crippen molar-refractivity contribution in [3.8, 4) is 47.4 Å². The maximum absolute atomic E-state index is 7.71. The highest BCUT2D eigenvalue weighted by atomic mass is 28.4. The number of hydrogen-bond acceptors (Lipinski definition) is 4. The molecule has 0 saturated heterocycles. The third-order valence-electron chi connectivity index (χ3n) is 21.3. The van der Waals surface area contributed by atoms with Gasteiger partial charge in [-0.15, -0.1) is 0 Å². The average Bonchev–Trinajstić information content (AvgIpc) is 3.41. The standard InChI is InChI=1S/C72H104O4Si4/c1-49(2)77(50(3)4,51(5)6)73-45-69-41-66-38-34-62-30-27-28-32-64(62)36-40-68-44-71(47-75-79(55(13)14,56(15)16)57(17)18)67(43-72(68,71)48-76-80(58(19)20,59(21)22)60(23)24)39-35-63-31-26-25-29-61(63)33-37-65(69)42-70(66,69)46-74-78(52(7)8,53(9)10)54(11)12/h25-32,41-44,49-60H,45-48H2,1-24H3/t69-,70-,71-,72-/m0/s1. The zero-order valence-electron chi connectivity index (χ0n) is 54.3. The molecule has 0 saturated carbocycles. The van der Waals surface area contributed by atoms with Gasteiger partial charge in [0.2, 0.25) is 0 Å². The predicted molar refractivity (Wildman–Crippen MR) is 350 cm³/mol. The lowest BCUT2D eigenvalue weighted by Crippen LogP contribution is -2.64. The molecule has 0 heterocycles. The second-order valence-electron chi connectivity index (χ2n) is 28.6. The Morgan fingerprint density at radius 2 is 0.412 bits per heavy atom. The molecule has 80 heavy (non-hydrogen) atoms. The van der Waals surface area contributed by atoms with Gasteiger partial charge in [0.1, 0.15) is 0 Å². The minimum absolute atomic E-state index is 0.431. The third kappa shape index (κ3) is 9.96. The summed E-state index contributed by atoms with van der Waals surface area (Å²) in [6.07, 6.45) is 9.68. The first kappa shape index (κ1) is 63.9. The third-order valence-corrected chi connectivity index (χ3v) is 45.5. The zero-order chi connectivity index (χ0) is 59.3. The molecule has 8 rings (SSSR count). The Morgan fingerprint density at radius 3 is 0.550 bits per heavy atom. The lowest BCUT2D eigenvalue weighted by molar-refractivity contribution is 0.0209. The van der Waals surface area contributed by atoms with Crippen molar-refractivity contribution in [2.75, 3.05) is 26.4 Å². The van der Waals surface area contributed by atoms with Gasteiger partial charge in [0.25, 0.3) is 0 Å². The molecule has 0 amide bonds. The van der Waals surface area contributed by atoms with Gasteiger partial charge in [-0.2, -0.15) is 0 Å². The van der Waals surface area contributed by atoms with E-state index in [1.54, 1.807) is 0 Å². The van der Waals surface area contributed by atoms with Gasteiger partial charge in [0, 0.05) is 71.0 Å². The van der Waals surface area contributed by atoms with Crippen LogP contribution in [0.4, 0.5) is 0 Å². The molecular formula is C72H104O4Si4. The summed E-state index contributed by atoms with van der Waals surface area (Å²) < 4.78 is 30.8. The van der Waals surface area contributed by atoms with Crippen LogP contribution in [-0.2, 0) is 17.7 Å². The van der Waals surface area contributed by atoms with Crippen molar-refractivity contribution >= 4 is 33.3 Å². The van der Waals surface area contributed by atoms with Gasteiger partial charge in [-0.05, 0) is 90.8 Å². The summed E-state index contributed by atoms with van der Waals surface area (Å²) in [5, 5.41) is 0. The van der Waals surface area contributed by atoms with Crippen LogP contribution in [0.25, 0.3) is 0 Å². The van der Waals surface area contributed by atoms with Gasteiger partial charge in [-0.1, -0.05) is 262 Å². The smallest absolute Gasteiger partial charge is 0.200 e. The summed E-state index contributed by atoms with van der Waals surface area (Å²) in [5.41, 5.74) is 11.2. The van der Waals surface area contributed by atoms with E-state index in [0.29, 0.717) is 92.9 Å². The predicted octanol–water partition coefficient (Wildman–Crippen LogP) is 19.3. The van der Waals surface area contributed by atoms with Crippen LogP contribution in [0, 0.1) is 69.0 Å². The van der Waals surface area contributed by atoms with Crippen molar-refractivity contribution in [1.29, 1.82) is 0 Å². The quantitative estimate of drug-likeness (QED) is 0.0775. The first-order valence-corrected chi connectivity index (χ1v) is 39.7. The van der Waals surface area contributed by atoms with E-state index in [1.807, 2.05) is 0 Å². The summed E-state index contributed by atoms with van der Waals surface area (Å²) >= 11 is 0. The van der Waals surface area contributed by atoms with Crippen molar-refractivity contribution in [3.05, 3.63) is 117 Å². The topological polar surface area (TPSA) is 36.9 Å². The fraction of sp³-hybridized carbons (Fsp3) is 0.611. The first-order chi connectivity index (χ1) is 37.4. The molecule has 6 aliphatic carbocycles. The van der Waals surface area contributed by atoms with Crippen molar-refractivity contribution in [2.45, 2.75) is 233 Å². The van der Waals surface area contributed by atoms with Crippen molar-refractivity contribution in [2.24, 2.45) is 21.7 Å². The van der Waals surface area contributed by atoms with Crippen LogP contribution < -0.4 is 0 Å². The van der Waals surface area contributed by atoms with Crippen LogP contribution in [0.5, 0.6) is 0 Å². The van der Waals surface area contributed by atoms with Crippen LogP contribution in [0.15, 0.2) is 95.1 Å². The molecule has 0 fully saturated rings. The van der Waals surface area contributed by atoms with Crippen molar-refractivity contribution < 1.29 is 17.7 Å². The Balaban J connectivity index is 1.48.